The van der Waals surface area contributed by atoms with Gasteiger partial charge in [0.1, 0.15) is 0 Å². The number of hydrogen-bond donors (Lipinski definition) is 0. The van der Waals surface area contributed by atoms with Crippen LogP contribution >= 0.6 is 12.2 Å². The summed E-state index contributed by atoms with van der Waals surface area (Å²) in [4.78, 5) is 4.69. The zero-order valence-electron chi connectivity index (χ0n) is 17.6. The molecule has 6 heteroatoms. The molecule has 1 aliphatic rings. The molecule has 30 heavy (non-hydrogen) atoms. The third-order valence-electron chi connectivity index (χ3n) is 5.56. The first-order valence-electron chi connectivity index (χ1n) is 10.3. The molecule has 154 valence electrons. The van der Waals surface area contributed by atoms with Crippen LogP contribution < -0.4 is 0 Å². The van der Waals surface area contributed by atoms with E-state index in [4.69, 9.17) is 23.7 Å². The van der Waals surface area contributed by atoms with Crippen molar-refractivity contribution in [2.24, 2.45) is 0 Å². The van der Waals surface area contributed by atoms with Gasteiger partial charge in [0.05, 0.1) is 13.2 Å². The first-order valence-corrected chi connectivity index (χ1v) is 10.7. The number of piperazine rings is 1. The SMILES string of the molecule is C#CCN1CCN(Cn2nc(-c3ccc(C)cc3)n(-c3ccc(C)cc3)c2=S)CC1. The average Bonchev–Trinajstić information content (AvgIpc) is 3.07. The molecule has 1 aliphatic heterocycles. The predicted octanol–water partition coefficient (Wildman–Crippen LogP) is 3.90. The van der Waals surface area contributed by atoms with Crippen LogP contribution in [0.1, 0.15) is 11.1 Å². The van der Waals surface area contributed by atoms with Crippen molar-refractivity contribution in [2.75, 3.05) is 32.7 Å². The van der Waals surface area contributed by atoms with Crippen LogP contribution in [0, 0.1) is 31.0 Å². The molecule has 0 spiro atoms. The molecule has 0 N–H and O–H groups in total. The normalized spacial score (nSPS) is 15.2. The van der Waals surface area contributed by atoms with Crippen LogP contribution in [0.4, 0.5) is 0 Å². The van der Waals surface area contributed by atoms with E-state index >= 15 is 0 Å². The van der Waals surface area contributed by atoms with Gasteiger partial charge >= 0.3 is 0 Å². The Bertz CT molecular complexity index is 1090. The topological polar surface area (TPSA) is 29.2 Å². The largest absolute Gasteiger partial charge is 0.290 e. The first-order chi connectivity index (χ1) is 14.5. The van der Waals surface area contributed by atoms with Gasteiger partial charge in [-0.25, -0.2) is 4.68 Å². The van der Waals surface area contributed by atoms with E-state index in [0.717, 1.165) is 43.3 Å². The molecule has 1 fully saturated rings. The van der Waals surface area contributed by atoms with Gasteiger partial charge in [0.25, 0.3) is 0 Å². The molecule has 0 saturated carbocycles. The summed E-state index contributed by atoms with van der Waals surface area (Å²) in [5.41, 5.74) is 4.54. The van der Waals surface area contributed by atoms with Gasteiger partial charge in [-0.1, -0.05) is 53.4 Å². The summed E-state index contributed by atoms with van der Waals surface area (Å²) in [6.07, 6.45) is 5.45. The fraction of sp³-hybridized carbons (Fsp3) is 0.333. The van der Waals surface area contributed by atoms with Crippen molar-refractivity contribution in [3.63, 3.8) is 0 Å². The maximum Gasteiger partial charge on any atom is 0.204 e. The second kappa shape index (κ2) is 8.97. The maximum atomic E-state index is 5.89. The first kappa shape index (κ1) is 20.5. The molecule has 0 bridgehead atoms. The minimum Gasteiger partial charge on any atom is -0.290 e. The monoisotopic (exact) mass is 417 g/mol. The second-order valence-electron chi connectivity index (χ2n) is 7.88. The van der Waals surface area contributed by atoms with Crippen LogP contribution in [0.5, 0.6) is 0 Å². The highest BCUT2D eigenvalue weighted by Crippen LogP contribution is 2.24. The fourth-order valence-electron chi connectivity index (χ4n) is 3.72. The summed E-state index contributed by atoms with van der Waals surface area (Å²) in [5, 5.41) is 4.95. The average molecular weight is 418 g/mol. The molecule has 0 radical (unpaired) electrons. The molecule has 2 aromatic carbocycles. The second-order valence-corrected chi connectivity index (χ2v) is 8.25. The Hall–Kier alpha value is -2.72. The summed E-state index contributed by atoms with van der Waals surface area (Å²) in [6, 6.07) is 16.9. The van der Waals surface area contributed by atoms with Gasteiger partial charge in [0, 0.05) is 37.4 Å². The lowest BCUT2D eigenvalue weighted by Crippen LogP contribution is -2.46. The van der Waals surface area contributed by atoms with Gasteiger partial charge in [-0.05, 0) is 38.2 Å². The number of terminal acetylenes is 1. The summed E-state index contributed by atoms with van der Waals surface area (Å²) < 4.78 is 4.73. The summed E-state index contributed by atoms with van der Waals surface area (Å²) in [7, 11) is 0. The lowest BCUT2D eigenvalue weighted by Gasteiger charge is -2.33. The Morgan fingerprint density at radius 3 is 2.07 bits per heavy atom. The maximum absolute atomic E-state index is 5.89. The van der Waals surface area contributed by atoms with E-state index in [0.29, 0.717) is 18.0 Å². The summed E-state index contributed by atoms with van der Waals surface area (Å²) in [5.74, 6) is 3.61. The standard InChI is InChI=1S/C24H27N5S/c1-4-13-26-14-16-27(17-15-26)18-28-24(30)29(22-11-7-20(3)8-12-22)23(25-28)21-9-5-19(2)6-10-21/h1,5-12H,13-18H2,2-3H3. The number of aromatic nitrogens is 3. The van der Waals surface area contributed by atoms with E-state index < -0.39 is 0 Å². The Kier molecular flexibility index (Phi) is 6.14. The molecule has 0 aliphatic carbocycles. The molecule has 0 unspecified atom stereocenters. The zero-order chi connectivity index (χ0) is 21.1. The molecule has 0 atom stereocenters. The van der Waals surface area contributed by atoms with Gasteiger partial charge < -0.3 is 0 Å². The van der Waals surface area contributed by atoms with E-state index in [2.05, 4.69) is 82.7 Å². The van der Waals surface area contributed by atoms with Crippen molar-refractivity contribution in [3.05, 3.63) is 64.4 Å². The molecule has 3 aromatic rings. The van der Waals surface area contributed by atoms with Crippen molar-refractivity contribution < 1.29 is 0 Å². The third kappa shape index (κ3) is 4.39. The van der Waals surface area contributed by atoms with Crippen LogP contribution in [0.2, 0.25) is 0 Å². The third-order valence-corrected chi connectivity index (χ3v) is 5.95. The Balaban J connectivity index is 1.68. The van der Waals surface area contributed by atoms with Crippen molar-refractivity contribution in [1.29, 1.82) is 0 Å². The van der Waals surface area contributed by atoms with E-state index in [1.807, 2.05) is 4.68 Å². The van der Waals surface area contributed by atoms with Crippen LogP contribution in [-0.2, 0) is 6.67 Å². The van der Waals surface area contributed by atoms with Gasteiger partial charge in [-0.15, -0.1) is 11.5 Å². The predicted molar refractivity (Wildman–Crippen MR) is 124 cm³/mol. The fourth-order valence-corrected chi connectivity index (χ4v) is 4.01. The Morgan fingerprint density at radius 2 is 1.47 bits per heavy atom. The molecule has 5 nitrogen and oxygen atoms in total. The zero-order valence-corrected chi connectivity index (χ0v) is 18.4. The van der Waals surface area contributed by atoms with E-state index in [-0.39, 0.29) is 0 Å². The highest BCUT2D eigenvalue weighted by molar-refractivity contribution is 7.71. The van der Waals surface area contributed by atoms with Crippen LogP contribution in [-0.4, -0.2) is 56.9 Å². The molecule has 4 rings (SSSR count). The number of nitrogens with zero attached hydrogens (tertiary/aromatic N) is 5. The summed E-state index contributed by atoms with van der Waals surface area (Å²) >= 11 is 5.89. The number of aryl methyl sites for hydroxylation is 2. The minimum absolute atomic E-state index is 0.681. The van der Waals surface area contributed by atoms with Crippen molar-refractivity contribution in [2.45, 2.75) is 20.5 Å². The highest BCUT2D eigenvalue weighted by atomic mass is 32.1. The van der Waals surface area contributed by atoms with Gasteiger partial charge in [-0.2, -0.15) is 0 Å². The van der Waals surface area contributed by atoms with Gasteiger partial charge in [0.2, 0.25) is 4.77 Å². The van der Waals surface area contributed by atoms with Crippen molar-refractivity contribution >= 4 is 12.2 Å². The lowest BCUT2D eigenvalue weighted by molar-refractivity contribution is 0.111. The van der Waals surface area contributed by atoms with E-state index in [9.17, 15) is 0 Å². The lowest BCUT2D eigenvalue weighted by atomic mass is 10.1. The van der Waals surface area contributed by atoms with Crippen LogP contribution in [0.25, 0.3) is 17.1 Å². The van der Waals surface area contributed by atoms with Crippen molar-refractivity contribution in [3.8, 4) is 29.4 Å². The minimum atomic E-state index is 0.681. The molecule has 2 heterocycles. The van der Waals surface area contributed by atoms with Crippen molar-refractivity contribution in [1.82, 2.24) is 24.1 Å². The smallest absolute Gasteiger partial charge is 0.204 e. The molecular formula is C24H27N5S. The molecule has 1 aromatic heterocycles. The Labute approximate surface area is 183 Å². The quantitative estimate of drug-likeness (QED) is 0.465. The molecule has 1 saturated heterocycles. The molecule has 0 amide bonds. The summed E-state index contributed by atoms with van der Waals surface area (Å²) in [6.45, 7) is 9.44. The van der Waals surface area contributed by atoms with E-state index in [1.54, 1.807) is 0 Å². The number of hydrogen-bond acceptors (Lipinski definition) is 4. The number of benzene rings is 2. The van der Waals surface area contributed by atoms with E-state index in [1.165, 1.54) is 11.1 Å². The van der Waals surface area contributed by atoms with Crippen LogP contribution in [0.15, 0.2) is 48.5 Å². The number of rotatable bonds is 5. The molecular weight excluding hydrogens is 390 g/mol. The van der Waals surface area contributed by atoms with Gasteiger partial charge in [0.15, 0.2) is 5.82 Å². The highest BCUT2D eigenvalue weighted by Gasteiger charge is 2.19. The van der Waals surface area contributed by atoms with Crippen LogP contribution in [0.3, 0.4) is 0 Å². The Morgan fingerprint density at radius 1 is 0.900 bits per heavy atom. The van der Waals surface area contributed by atoms with Gasteiger partial charge in [-0.3, -0.25) is 14.4 Å².